The summed E-state index contributed by atoms with van der Waals surface area (Å²) in [6.45, 7) is 0.669. The molecule has 0 bridgehead atoms. The van der Waals surface area contributed by atoms with Crippen molar-refractivity contribution in [2.45, 2.75) is 13.1 Å². The van der Waals surface area contributed by atoms with Gasteiger partial charge in [-0.2, -0.15) is 0 Å². The number of fused-ring (bicyclic) bond motifs is 1. The van der Waals surface area contributed by atoms with Crippen molar-refractivity contribution in [3.8, 4) is 0 Å². The van der Waals surface area contributed by atoms with Crippen LogP contribution in [0.2, 0.25) is 0 Å². The fourth-order valence-corrected chi connectivity index (χ4v) is 2.84. The average molecular weight is 346 g/mol. The van der Waals surface area contributed by atoms with Crippen LogP contribution in [0.15, 0.2) is 65.5 Å². The van der Waals surface area contributed by atoms with Crippen LogP contribution >= 0.6 is 0 Å². The molecule has 4 aromatic rings. The summed E-state index contributed by atoms with van der Waals surface area (Å²) in [6, 6.07) is 19.6. The number of aromatic amines is 1. The number of hydrogen-bond acceptors (Lipinski definition) is 5. The van der Waals surface area contributed by atoms with E-state index in [4.69, 9.17) is 5.73 Å². The number of benzene rings is 2. The minimum absolute atomic E-state index is 0.151. The van der Waals surface area contributed by atoms with Crippen LogP contribution in [0, 0.1) is 0 Å². The lowest BCUT2D eigenvalue weighted by Gasteiger charge is -2.10. The number of nitrogens with one attached hydrogen (secondary N) is 2. The largest absolute Gasteiger partial charge is 0.340 e. The van der Waals surface area contributed by atoms with Crippen LogP contribution in [0.3, 0.4) is 0 Å². The van der Waals surface area contributed by atoms with Gasteiger partial charge in [0.15, 0.2) is 5.65 Å². The predicted molar refractivity (Wildman–Crippen MR) is 101 cm³/mol. The number of nitrogens with two attached hydrogens (primary N) is 1. The van der Waals surface area contributed by atoms with E-state index in [0.717, 1.165) is 11.3 Å². The molecule has 2 heterocycles. The van der Waals surface area contributed by atoms with Gasteiger partial charge in [0.05, 0.1) is 13.1 Å². The highest BCUT2D eigenvalue weighted by Gasteiger charge is 2.17. The van der Waals surface area contributed by atoms with E-state index < -0.39 is 0 Å². The Balaban J connectivity index is 1.87. The highest BCUT2D eigenvalue weighted by Crippen LogP contribution is 2.24. The predicted octanol–water partition coefficient (Wildman–Crippen LogP) is 2.37. The lowest BCUT2D eigenvalue weighted by atomic mass is 10.2. The molecule has 130 valence electrons. The van der Waals surface area contributed by atoms with Gasteiger partial charge in [0.1, 0.15) is 17.0 Å². The number of H-pyrrole nitrogens is 1. The first-order valence-corrected chi connectivity index (χ1v) is 8.30. The quantitative estimate of drug-likeness (QED) is 0.515. The van der Waals surface area contributed by atoms with E-state index in [9.17, 15) is 4.79 Å². The van der Waals surface area contributed by atoms with Gasteiger partial charge in [0.25, 0.3) is 5.56 Å². The molecule has 0 saturated carbocycles. The summed E-state index contributed by atoms with van der Waals surface area (Å²) >= 11 is 0. The van der Waals surface area contributed by atoms with Crippen molar-refractivity contribution in [3.05, 3.63) is 82.4 Å². The molecule has 7 heteroatoms. The van der Waals surface area contributed by atoms with Crippen LogP contribution in [0.4, 0.5) is 11.5 Å². The van der Waals surface area contributed by atoms with Crippen LogP contribution in [0.25, 0.3) is 11.0 Å². The molecule has 0 aliphatic heterocycles. The smallest absolute Gasteiger partial charge is 0.264 e. The van der Waals surface area contributed by atoms with E-state index in [1.54, 1.807) is 4.68 Å². The molecule has 2 aromatic heterocycles. The molecule has 0 aliphatic rings. The van der Waals surface area contributed by atoms with Gasteiger partial charge >= 0.3 is 0 Å². The number of rotatable bonds is 5. The third-order valence-electron chi connectivity index (χ3n) is 4.06. The maximum Gasteiger partial charge on any atom is 0.264 e. The number of para-hydroxylation sites is 1. The monoisotopic (exact) mass is 346 g/mol. The summed E-state index contributed by atoms with van der Waals surface area (Å²) in [5.41, 5.74) is 7.68. The zero-order chi connectivity index (χ0) is 17.9. The van der Waals surface area contributed by atoms with E-state index in [2.05, 4.69) is 20.4 Å². The van der Waals surface area contributed by atoms with E-state index in [-0.39, 0.29) is 12.1 Å². The van der Waals surface area contributed by atoms with E-state index in [1.165, 1.54) is 0 Å². The van der Waals surface area contributed by atoms with E-state index >= 15 is 0 Å². The van der Waals surface area contributed by atoms with E-state index in [1.807, 2.05) is 60.7 Å². The lowest BCUT2D eigenvalue weighted by molar-refractivity contribution is 0.701. The molecule has 0 atom stereocenters. The van der Waals surface area contributed by atoms with Gasteiger partial charge in [0.2, 0.25) is 0 Å². The van der Waals surface area contributed by atoms with Crippen molar-refractivity contribution in [2.75, 3.05) is 5.32 Å². The van der Waals surface area contributed by atoms with Gasteiger partial charge in [-0.15, -0.1) is 5.10 Å². The molecular weight excluding hydrogens is 328 g/mol. The standard InChI is InChI=1S/C19H18N6O/c20-11-15-22-17-16(19(26)23-15)18(21-14-9-5-2-6-10-14)25(24-17)12-13-7-3-1-4-8-13/h1-10,21H,11-12,20H2,(H,22,23,24,26). The topological polar surface area (TPSA) is 102 Å². The second-order valence-corrected chi connectivity index (χ2v) is 5.90. The van der Waals surface area contributed by atoms with Crippen LogP contribution in [0.5, 0.6) is 0 Å². The second-order valence-electron chi connectivity index (χ2n) is 5.90. The Bertz CT molecular complexity index is 1090. The number of nitrogens with zero attached hydrogens (tertiary/aromatic N) is 3. The summed E-state index contributed by atoms with van der Waals surface area (Å²) in [6.07, 6.45) is 0. The Morgan fingerprint density at radius 1 is 1.04 bits per heavy atom. The minimum Gasteiger partial charge on any atom is -0.340 e. The van der Waals surface area contributed by atoms with Crippen molar-refractivity contribution in [1.29, 1.82) is 0 Å². The zero-order valence-electron chi connectivity index (χ0n) is 14.0. The molecule has 0 amide bonds. The minimum atomic E-state index is -0.256. The van der Waals surface area contributed by atoms with Crippen LogP contribution in [-0.4, -0.2) is 19.7 Å². The van der Waals surface area contributed by atoms with Crippen molar-refractivity contribution in [1.82, 2.24) is 19.7 Å². The number of hydrogen-bond donors (Lipinski definition) is 3. The second kappa shape index (κ2) is 6.81. The summed E-state index contributed by atoms with van der Waals surface area (Å²) in [7, 11) is 0. The van der Waals surface area contributed by atoms with Crippen LogP contribution < -0.4 is 16.6 Å². The summed E-state index contributed by atoms with van der Waals surface area (Å²) in [5.74, 6) is 1.02. The van der Waals surface area contributed by atoms with Gasteiger partial charge in [0, 0.05) is 5.69 Å². The summed E-state index contributed by atoms with van der Waals surface area (Å²) in [4.78, 5) is 19.7. The molecule has 0 saturated heterocycles. The normalized spacial score (nSPS) is 11.0. The van der Waals surface area contributed by atoms with Crippen molar-refractivity contribution in [2.24, 2.45) is 5.73 Å². The zero-order valence-corrected chi connectivity index (χ0v) is 14.0. The Morgan fingerprint density at radius 2 is 1.73 bits per heavy atom. The van der Waals surface area contributed by atoms with Crippen molar-refractivity contribution < 1.29 is 0 Å². The first-order chi connectivity index (χ1) is 12.7. The molecule has 7 nitrogen and oxygen atoms in total. The van der Waals surface area contributed by atoms with Gasteiger partial charge in [-0.05, 0) is 17.7 Å². The van der Waals surface area contributed by atoms with Crippen LogP contribution in [0.1, 0.15) is 11.4 Å². The SMILES string of the molecule is NCc1nc2nn(Cc3ccccc3)c(Nc3ccccc3)c2c(=O)[nH]1. The first-order valence-electron chi connectivity index (χ1n) is 8.30. The molecule has 26 heavy (non-hydrogen) atoms. The van der Waals surface area contributed by atoms with Gasteiger partial charge in [-0.3, -0.25) is 4.79 Å². The highest BCUT2D eigenvalue weighted by atomic mass is 16.1. The Morgan fingerprint density at radius 3 is 2.42 bits per heavy atom. The van der Waals surface area contributed by atoms with Crippen molar-refractivity contribution in [3.63, 3.8) is 0 Å². The Kier molecular flexibility index (Phi) is 4.20. The Hall–Kier alpha value is -3.45. The number of anilines is 2. The fourth-order valence-electron chi connectivity index (χ4n) is 2.84. The molecule has 0 fully saturated rings. The molecule has 0 spiro atoms. The summed E-state index contributed by atoms with van der Waals surface area (Å²) < 4.78 is 1.76. The molecule has 0 radical (unpaired) electrons. The molecular formula is C19H18N6O. The third kappa shape index (κ3) is 3.07. The Labute approximate surface area is 149 Å². The fraction of sp³-hybridized carbons (Fsp3) is 0.105. The highest BCUT2D eigenvalue weighted by molar-refractivity contribution is 5.88. The maximum absolute atomic E-state index is 12.6. The summed E-state index contributed by atoms with van der Waals surface area (Å²) in [5, 5.41) is 8.26. The third-order valence-corrected chi connectivity index (χ3v) is 4.06. The van der Waals surface area contributed by atoms with Crippen LogP contribution in [-0.2, 0) is 13.1 Å². The molecule has 4 N–H and O–H groups in total. The average Bonchev–Trinajstić information content (AvgIpc) is 3.00. The maximum atomic E-state index is 12.6. The number of aromatic nitrogens is 4. The van der Waals surface area contributed by atoms with Crippen molar-refractivity contribution >= 4 is 22.5 Å². The van der Waals surface area contributed by atoms with Gasteiger partial charge < -0.3 is 16.0 Å². The first kappa shape index (κ1) is 16.0. The molecule has 0 aliphatic carbocycles. The molecule has 4 rings (SSSR count). The molecule has 0 unspecified atom stereocenters. The van der Waals surface area contributed by atoms with Gasteiger partial charge in [-0.1, -0.05) is 48.5 Å². The van der Waals surface area contributed by atoms with Gasteiger partial charge in [-0.25, -0.2) is 9.67 Å². The van der Waals surface area contributed by atoms with E-state index in [0.29, 0.717) is 29.2 Å². The molecule has 2 aromatic carbocycles. The lowest BCUT2D eigenvalue weighted by Crippen LogP contribution is -2.14.